The van der Waals surface area contributed by atoms with Gasteiger partial charge in [-0.2, -0.15) is 5.10 Å². The van der Waals surface area contributed by atoms with E-state index in [4.69, 9.17) is 9.52 Å². The maximum atomic E-state index is 10.9. The molecule has 0 aliphatic carbocycles. The molecule has 0 aliphatic heterocycles. The van der Waals surface area contributed by atoms with Crippen molar-refractivity contribution >= 4 is 16.9 Å². The van der Waals surface area contributed by atoms with E-state index in [1.165, 1.54) is 0 Å². The number of hydrogen-bond donors (Lipinski definition) is 1. The van der Waals surface area contributed by atoms with Crippen molar-refractivity contribution < 1.29 is 14.3 Å². The van der Waals surface area contributed by atoms with Gasteiger partial charge in [-0.05, 0) is 18.2 Å². The highest BCUT2D eigenvalue weighted by molar-refractivity contribution is 5.85. The first-order chi connectivity index (χ1) is 9.24. The standard InChI is InChI=1S/C14H12N2O3/c17-14(18)8-12-11-5-1-2-6-13(11)16(15-12)9-10-4-3-7-19-10/h1-7H,8-9H2,(H,17,18). The third kappa shape index (κ3) is 2.22. The van der Waals surface area contributed by atoms with Crippen LogP contribution in [0.1, 0.15) is 11.5 Å². The fraction of sp³-hybridized carbons (Fsp3) is 0.143. The van der Waals surface area contributed by atoms with E-state index in [0.717, 1.165) is 16.7 Å². The molecule has 0 unspecified atom stereocenters. The molecule has 0 radical (unpaired) electrons. The van der Waals surface area contributed by atoms with Gasteiger partial charge in [0.25, 0.3) is 0 Å². The number of carboxylic acids is 1. The van der Waals surface area contributed by atoms with Crippen molar-refractivity contribution in [2.75, 3.05) is 0 Å². The van der Waals surface area contributed by atoms with E-state index in [0.29, 0.717) is 12.2 Å². The second kappa shape index (κ2) is 4.61. The lowest BCUT2D eigenvalue weighted by atomic mass is 10.2. The summed E-state index contributed by atoms with van der Waals surface area (Å²) in [6.45, 7) is 0.493. The second-order valence-corrected chi connectivity index (χ2v) is 4.27. The summed E-state index contributed by atoms with van der Waals surface area (Å²) in [6.07, 6.45) is 1.53. The van der Waals surface area contributed by atoms with Crippen LogP contribution < -0.4 is 0 Å². The van der Waals surface area contributed by atoms with Gasteiger partial charge in [-0.1, -0.05) is 18.2 Å². The Kier molecular flexibility index (Phi) is 2.79. The summed E-state index contributed by atoms with van der Waals surface area (Å²) in [6, 6.07) is 11.3. The van der Waals surface area contributed by atoms with Crippen molar-refractivity contribution in [3.8, 4) is 0 Å². The van der Waals surface area contributed by atoms with Gasteiger partial charge in [0.15, 0.2) is 0 Å². The molecule has 0 bridgehead atoms. The van der Waals surface area contributed by atoms with Crippen LogP contribution in [0.5, 0.6) is 0 Å². The SMILES string of the molecule is O=C(O)Cc1nn(Cc2ccco2)c2ccccc12. The summed E-state index contributed by atoms with van der Waals surface area (Å²) in [4.78, 5) is 10.9. The molecule has 96 valence electrons. The minimum Gasteiger partial charge on any atom is -0.481 e. The minimum atomic E-state index is -0.881. The quantitative estimate of drug-likeness (QED) is 0.777. The van der Waals surface area contributed by atoms with Crippen LogP contribution in [0.3, 0.4) is 0 Å². The number of fused-ring (bicyclic) bond motifs is 1. The van der Waals surface area contributed by atoms with Gasteiger partial charge >= 0.3 is 5.97 Å². The molecule has 3 rings (SSSR count). The molecule has 0 saturated heterocycles. The molecule has 2 aromatic heterocycles. The highest BCUT2D eigenvalue weighted by atomic mass is 16.4. The van der Waals surface area contributed by atoms with Gasteiger partial charge in [0.1, 0.15) is 5.76 Å². The van der Waals surface area contributed by atoms with Crippen LogP contribution in [-0.2, 0) is 17.8 Å². The van der Waals surface area contributed by atoms with Crippen LogP contribution in [0, 0.1) is 0 Å². The van der Waals surface area contributed by atoms with Crippen molar-refractivity contribution in [1.82, 2.24) is 9.78 Å². The number of carbonyl (C=O) groups is 1. The maximum Gasteiger partial charge on any atom is 0.309 e. The Morgan fingerprint density at radius 1 is 1.26 bits per heavy atom. The Labute approximate surface area is 109 Å². The summed E-state index contributed by atoms with van der Waals surface area (Å²) < 4.78 is 7.07. The molecule has 0 amide bonds. The summed E-state index contributed by atoms with van der Waals surface area (Å²) in [5, 5.41) is 14.2. The molecule has 3 aromatic rings. The van der Waals surface area contributed by atoms with E-state index in [-0.39, 0.29) is 6.42 Å². The van der Waals surface area contributed by atoms with Crippen molar-refractivity contribution in [3.63, 3.8) is 0 Å². The van der Waals surface area contributed by atoms with E-state index < -0.39 is 5.97 Å². The lowest BCUT2D eigenvalue weighted by Crippen LogP contribution is -2.04. The number of furan rings is 1. The number of para-hydroxylation sites is 1. The van der Waals surface area contributed by atoms with E-state index in [1.807, 2.05) is 36.4 Å². The molecular formula is C14H12N2O3. The zero-order chi connectivity index (χ0) is 13.2. The van der Waals surface area contributed by atoms with E-state index >= 15 is 0 Å². The summed E-state index contributed by atoms with van der Waals surface area (Å²) in [5.41, 5.74) is 1.49. The smallest absolute Gasteiger partial charge is 0.309 e. The monoisotopic (exact) mass is 256 g/mol. The number of hydrogen-bond acceptors (Lipinski definition) is 3. The van der Waals surface area contributed by atoms with Gasteiger partial charge in [0.2, 0.25) is 0 Å². The predicted octanol–water partition coefficient (Wildman–Crippen LogP) is 2.30. The van der Waals surface area contributed by atoms with Crippen molar-refractivity contribution in [2.24, 2.45) is 0 Å². The third-order valence-corrected chi connectivity index (χ3v) is 2.94. The molecule has 5 nitrogen and oxygen atoms in total. The van der Waals surface area contributed by atoms with Crippen molar-refractivity contribution in [3.05, 3.63) is 54.1 Å². The first-order valence-electron chi connectivity index (χ1n) is 5.92. The number of aromatic nitrogens is 2. The van der Waals surface area contributed by atoms with Crippen LogP contribution in [0.25, 0.3) is 10.9 Å². The number of rotatable bonds is 4. The third-order valence-electron chi connectivity index (χ3n) is 2.94. The summed E-state index contributed by atoms with van der Waals surface area (Å²) >= 11 is 0. The van der Waals surface area contributed by atoms with Crippen LogP contribution in [0.2, 0.25) is 0 Å². The largest absolute Gasteiger partial charge is 0.481 e. The fourth-order valence-electron chi connectivity index (χ4n) is 2.14. The van der Waals surface area contributed by atoms with E-state index in [9.17, 15) is 4.79 Å². The molecule has 0 aliphatic rings. The Balaban J connectivity index is 2.06. The zero-order valence-corrected chi connectivity index (χ0v) is 10.1. The Morgan fingerprint density at radius 3 is 2.84 bits per heavy atom. The lowest BCUT2D eigenvalue weighted by molar-refractivity contribution is -0.136. The van der Waals surface area contributed by atoms with Crippen LogP contribution in [0.15, 0.2) is 47.1 Å². The molecule has 0 fully saturated rings. The van der Waals surface area contributed by atoms with Gasteiger partial charge in [0.05, 0.1) is 30.4 Å². The van der Waals surface area contributed by atoms with E-state index in [1.54, 1.807) is 10.9 Å². The topological polar surface area (TPSA) is 68.3 Å². The highest BCUT2D eigenvalue weighted by Crippen LogP contribution is 2.20. The maximum absolute atomic E-state index is 10.9. The van der Waals surface area contributed by atoms with Crippen molar-refractivity contribution in [1.29, 1.82) is 0 Å². The predicted molar refractivity (Wildman–Crippen MR) is 68.9 cm³/mol. The fourth-order valence-corrected chi connectivity index (χ4v) is 2.14. The van der Waals surface area contributed by atoms with Crippen LogP contribution in [-0.4, -0.2) is 20.9 Å². The molecular weight excluding hydrogens is 244 g/mol. The average molecular weight is 256 g/mol. The molecule has 0 saturated carbocycles. The zero-order valence-electron chi connectivity index (χ0n) is 10.1. The Bertz CT molecular complexity index is 713. The second-order valence-electron chi connectivity index (χ2n) is 4.27. The first kappa shape index (κ1) is 11.5. The van der Waals surface area contributed by atoms with Crippen LogP contribution >= 0.6 is 0 Å². The highest BCUT2D eigenvalue weighted by Gasteiger charge is 2.13. The summed E-state index contributed by atoms with van der Waals surface area (Å²) in [7, 11) is 0. The molecule has 0 atom stereocenters. The molecule has 1 N–H and O–H groups in total. The number of nitrogens with zero attached hydrogens (tertiary/aromatic N) is 2. The lowest BCUT2D eigenvalue weighted by Gasteiger charge is -1.99. The van der Waals surface area contributed by atoms with Gasteiger partial charge in [-0.15, -0.1) is 0 Å². The van der Waals surface area contributed by atoms with Crippen LogP contribution in [0.4, 0.5) is 0 Å². The molecule has 5 heteroatoms. The Hall–Kier alpha value is -2.56. The molecule has 1 aromatic carbocycles. The normalized spacial score (nSPS) is 10.9. The van der Waals surface area contributed by atoms with Gasteiger partial charge < -0.3 is 9.52 Å². The Morgan fingerprint density at radius 2 is 2.11 bits per heavy atom. The minimum absolute atomic E-state index is 0.0777. The molecule has 2 heterocycles. The molecule has 19 heavy (non-hydrogen) atoms. The van der Waals surface area contributed by atoms with Gasteiger partial charge in [-0.25, -0.2) is 0 Å². The van der Waals surface area contributed by atoms with E-state index in [2.05, 4.69) is 5.10 Å². The molecule has 0 spiro atoms. The summed E-state index contributed by atoms with van der Waals surface area (Å²) in [5.74, 6) is -0.0940. The number of benzene rings is 1. The number of carboxylic acid groups (broad SMARTS) is 1. The van der Waals surface area contributed by atoms with Gasteiger partial charge in [0, 0.05) is 5.39 Å². The average Bonchev–Trinajstić information content (AvgIpc) is 2.99. The number of aliphatic carboxylic acids is 1. The first-order valence-corrected chi connectivity index (χ1v) is 5.92. The van der Waals surface area contributed by atoms with Gasteiger partial charge in [-0.3, -0.25) is 9.48 Å². The van der Waals surface area contributed by atoms with Crippen molar-refractivity contribution in [2.45, 2.75) is 13.0 Å².